The zero-order valence-electron chi connectivity index (χ0n) is 12.3. The van der Waals surface area contributed by atoms with Crippen molar-refractivity contribution in [1.29, 1.82) is 0 Å². The van der Waals surface area contributed by atoms with Crippen LogP contribution in [0.15, 0.2) is 27.3 Å². The summed E-state index contributed by atoms with van der Waals surface area (Å²) in [5.74, 6) is -10.4. The fourth-order valence-corrected chi connectivity index (χ4v) is 2.75. The number of azo groups is 1. The van der Waals surface area contributed by atoms with Crippen LogP contribution in [0.25, 0.3) is 0 Å². The molecule has 0 spiro atoms. The Balaban J connectivity index is 2.59. The molecule has 0 atom stereocenters. The first-order chi connectivity index (χ1) is 10.8. The third-order valence-electron chi connectivity index (χ3n) is 3.05. The first-order valence-electron chi connectivity index (χ1n) is 6.36. The van der Waals surface area contributed by atoms with Crippen LogP contribution in [0.1, 0.15) is 11.1 Å². The fraction of sp³-hybridized carbons (Fsp3) is 0.200. The quantitative estimate of drug-likeness (QED) is 0.215. The zero-order chi connectivity index (χ0) is 17.3. The minimum Gasteiger partial charge on any atom is -0.201 e. The van der Waals surface area contributed by atoms with Gasteiger partial charge in [0.05, 0.1) is 5.69 Å². The Hall–Kier alpha value is -1.96. The second-order valence-corrected chi connectivity index (χ2v) is 5.57. The van der Waals surface area contributed by atoms with Crippen LogP contribution in [0.5, 0.6) is 0 Å². The topological polar surface area (TPSA) is 24.7 Å². The van der Waals surface area contributed by atoms with E-state index in [9.17, 15) is 22.0 Å². The summed E-state index contributed by atoms with van der Waals surface area (Å²) >= 11 is 1.33. The first-order valence-corrected chi connectivity index (χ1v) is 7.58. The molecule has 2 aromatic carbocycles. The lowest BCUT2D eigenvalue weighted by Crippen LogP contribution is -2.00. The van der Waals surface area contributed by atoms with E-state index in [2.05, 4.69) is 10.2 Å². The highest BCUT2D eigenvalue weighted by Crippen LogP contribution is 2.35. The SMILES string of the molecule is CSc1c(C)cc(C)cc1N=Nc1c(F)c(F)c(F)c(F)c1F. The molecule has 0 bridgehead atoms. The zero-order valence-corrected chi connectivity index (χ0v) is 13.2. The van der Waals surface area contributed by atoms with Gasteiger partial charge in [-0.25, -0.2) is 22.0 Å². The highest BCUT2D eigenvalue weighted by Gasteiger charge is 2.26. The molecule has 0 aliphatic carbocycles. The smallest absolute Gasteiger partial charge is 0.200 e. The van der Waals surface area contributed by atoms with E-state index >= 15 is 0 Å². The van der Waals surface area contributed by atoms with Crippen molar-refractivity contribution in [2.75, 3.05) is 6.26 Å². The summed E-state index contributed by atoms with van der Waals surface area (Å²) in [4.78, 5) is 0.697. The van der Waals surface area contributed by atoms with Crippen molar-refractivity contribution in [3.05, 3.63) is 52.3 Å². The highest BCUT2D eigenvalue weighted by molar-refractivity contribution is 7.98. The molecule has 2 nitrogen and oxygen atoms in total. The largest absolute Gasteiger partial charge is 0.201 e. The van der Waals surface area contributed by atoms with Crippen LogP contribution < -0.4 is 0 Å². The number of rotatable bonds is 3. The Morgan fingerprint density at radius 3 is 1.83 bits per heavy atom. The average Bonchev–Trinajstić information content (AvgIpc) is 2.50. The van der Waals surface area contributed by atoms with Gasteiger partial charge in [0.25, 0.3) is 0 Å². The lowest BCUT2D eigenvalue weighted by Gasteiger charge is -2.08. The maximum Gasteiger partial charge on any atom is 0.200 e. The van der Waals surface area contributed by atoms with Crippen LogP contribution >= 0.6 is 11.8 Å². The second kappa shape index (κ2) is 6.66. The van der Waals surface area contributed by atoms with Crippen LogP contribution in [-0.2, 0) is 0 Å². The average molecular weight is 346 g/mol. The van der Waals surface area contributed by atoms with Crippen molar-refractivity contribution in [1.82, 2.24) is 0 Å². The van der Waals surface area contributed by atoms with Gasteiger partial charge in [-0.1, -0.05) is 6.07 Å². The number of hydrogen-bond acceptors (Lipinski definition) is 3. The molecule has 8 heteroatoms. The third kappa shape index (κ3) is 3.21. The second-order valence-electron chi connectivity index (χ2n) is 4.75. The molecule has 0 N–H and O–H groups in total. The van der Waals surface area contributed by atoms with E-state index in [-0.39, 0.29) is 0 Å². The van der Waals surface area contributed by atoms with Gasteiger partial charge in [0.2, 0.25) is 5.82 Å². The molecule has 0 unspecified atom stereocenters. The van der Waals surface area contributed by atoms with E-state index in [1.54, 1.807) is 19.2 Å². The predicted octanol–water partition coefficient (Wildman–Crippen LogP) is 6.14. The molecule has 0 fully saturated rings. The van der Waals surface area contributed by atoms with Gasteiger partial charge < -0.3 is 0 Å². The summed E-state index contributed by atoms with van der Waals surface area (Å²) in [6, 6.07) is 3.48. The molecular formula is C15H11F5N2S. The Labute approximate surface area is 133 Å². The maximum absolute atomic E-state index is 13.6. The highest BCUT2D eigenvalue weighted by atomic mass is 32.2. The van der Waals surface area contributed by atoms with Crippen molar-refractivity contribution in [3.8, 4) is 0 Å². The summed E-state index contributed by atoms with van der Waals surface area (Å²) < 4.78 is 66.4. The molecule has 0 heterocycles. The lowest BCUT2D eigenvalue weighted by atomic mass is 10.1. The number of benzene rings is 2. The van der Waals surface area contributed by atoms with Crippen LogP contribution in [-0.4, -0.2) is 6.26 Å². The predicted molar refractivity (Wildman–Crippen MR) is 78.1 cm³/mol. The molecular weight excluding hydrogens is 335 g/mol. The summed E-state index contributed by atoms with van der Waals surface area (Å²) in [5.41, 5.74) is 0.669. The van der Waals surface area contributed by atoms with Crippen molar-refractivity contribution in [2.45, 2.75) is 18.7 Å². The monoisotopic (exact) mass is 346 g/mol. The maximum atomic E-state index is 13.6. The van der Waals surface area contributed by atoms with E-state index in [0.717, 1.165) is 11.1 Å². The van der Waals surface area contributed by atoms with E-state index in [1.165, 1.54) is 11.8 Å². The van der Waals surface area contributed by atoms with E-state index in [0.29, 0.717) is 10.6 Å². The third-order valence-corrected chi connectivity index (χ3v) is 3.99. The van der Waals surface area contributed by atoms with E-state index in [1.807, 2.05) is 13.0 Å². The summed E-state index contributed by atoms with van der Waals surface area (Å²) in [7, 11) is 0. The van der Waals surface area contributed by atoms with Crippen molar-refractivity contribution >= 4 is 23.1 Å². The van der Waals surface area contributed by atoms with Crippen molar-refractivity contribution < 1.29 is 22.0 Å². The van der Waals surface area contributed by atoms with Gasteiger partial charge in [-0.05, 0) is 37.3 Å². The molecule has 0 saturated heterocycles. The summed E-state index contributed by atoms with van der Waals surface area (Å²) in [6.45, 7) is 3.60. The molecule has 0 radical (unpaired) electrons. The molecule has 0 aromatic heterocycles. The van der Waals surface area contributed by atoms with Crippen LogP contribution in [0.4, 0.5) is 33.3 Å². The Bertz CT molecular complexity index is 776. The van der Waals surface area contributed by atoms with Crippen LogP contribution in [0.2, 0.25) is 0 Å². The van der Waals surface area contributed by atoms with Gasteiger partial charge in [0.1, 0.15) is 0 Å². The van der Waals surface area contributed by atoms with Gasteiger partial charge >= 0.3 is 0 Å². The van der Waals surface area contributed by atoms with Gasteiger partial charge in [-0.2, -0.15) is 0 Å². The molecule has 23 heavy (non-hydrogen) atoms. The minimum atomic E-state index is -2.23. The Kier molecular flexibility index (Phi) is 5.03. The van der Waals surface area contributed by atoms with Crippen LogP contribution in [0.3, 0.4) is 0 Å². The molecule has 122 valence electrons. The van der Waals surface area contributed by atoms with Gasteiger partial charge in [-0.3, -0.25) is 0 Å². The summed E-state index contributed by atoms with van der Waals surface area (Å²) in [6.07, 6.45) is 1.77. The molecule has 2 aromatic rings. The molecule has 2 rings (SSSR count). The fourth-order valence-electron chi connectivity index (χ4n) is 2.06. The van der Waals surface area contributed by atoms with E-state index < -0.39 is 34.8 Å². The first kappa shape index (κ1) is 17.4. The molecule has 0 saturated carbocycles. The molecule has 0 aliphatic rings. The Morgan fingerprint density at radius 2 is 1.30 bits per heavy atom. The van der Waals surface area contributed by atoms with Crippen molar-refractivity contribution in [3.63, 3.8) is 0 Å². The van der Waals surface area contributed by atoms with Gasteiger partial charge in [-0.15, -0.1) is 22.0 Å². The molecule has 0 aliphatic heterocycles. The minimum absolute atomic E-state index is 0.291. The van der Waals surface area contributed by atoms with Gasteiger partial charge in [0.15, 0.2) is 29.0 Å². The number of hydrogen-bond donors (Lipinski definition) is 0. The number of halogens is 5. The van der Waals surface area contributed by atoms with Crippen molar-refractivity contribution in [2.24, 2.45) is 10.2 Å². The normalized spacial score (nSPS) is 11.5. The van der Waals surface area contributed by atoms with Gasteiger partial charge in [0, 0.05) is 4.90 Å². The van der Waals surface area contributed by atoms with Crippen LogP contribution in [0, 0.1) is 42.9 Å². The molecule has 0 amide bonds. The summed E-state index contributed by atoms with van der Waals surface area (Å²) in [5, 5.41) is 6.92. The van der Waals surface area contributed by atoms with E-state index in [4.69, 9.17) is 0 Å². The standard InChI is InChI=1S/C15H11F5N2S/c1-6-4-7(2)15(23-3)8(5-6)21-22-14-12(19)10(17)9(16)11(18)13(14)20/h4-5H,1-3H3. The Morgan fingerprint density at radius 1 is 0.783 bits per heavy atom. The number of aryl methyl sites for hydroxylation is 2. The number of thioether (sulfide) groups is 1. The lowest BCUT2D eigenvalue weighted by molar-refractivity contribution is 0.380. The number of nitrogens with zero attached hydrogens (tertiary/aromatic N) is 2.